The van der Waals surface area contributed by atoms with Crippen LogP contribution in [0.5, 0.6) is 0 Å². The molecule has 2 aliphatic rings. The standard InChI is InChI=1S/C59H42N2/c1-58(2)51-34-30-37-17-10-11-22-41(37)55(51)49-27-16-26-48(56(49)58)44-32-33-47(43-24-13-12-23-42(43)44)54-36-53(60-57(61-54)38-18-6-4-7-19-38)39-29-31-46-45-25-14-15-28-50(45)59(3,52(46)35-39)40-20-8-5-9-21-40/h4-36H,1-3H3. The van der Waals surface area contributed by atoms with Crippen molar-refractivity contribution in [3.8, 4) is 67.3 Å². The number of hydrogen-bond acceptors (Lipinski definition) is 2. The molecule has 2 nitrogen and oxygen atoms in total. The minimum atomic E-state index is -0.312. The van der Waals surface area contributed by atoms with E-state index in [-0.39, 0.29) is 10.8 Å². The van der Waals surface area contributed by atoms with Gasteiger partial charge >= 0.3 is 0 Å². The molecule has 1 heterocycles. The van der Waals surface area contributed by atoms with Crippen LogP contribution in [0.3, 0.4) is 0 Å². The fourth-order valence-corrected chi connectivity index (χ4v) is 10.8. The van der Waals surface area contributed by atoms with Gasteiger partial charge in [-0.3, -0.25) is 0 Å². The summed E-state index contributed by atoms with van der Waals surface area (Å²) in [5, 5.41) is 4.97. The molecule has 9 aromatic carbocycles. The predicted octanol–water partition coefficient (Wildman–Crippen LogP) is 15.1. The Morgan fingerprint density at radius 1 is 0.361 bits per heavy atom. The minimum Gasteiger partial charge on any atom is -0.228 e. The summed E-state index contributed by atoms with van der Waals surface area (Å²) < 4.78 is 0. The Morgan fingerprint density at radius 2 is 0.967 bits per heavy atom. The Bertz CT molecular complexity index is 3400. The molecule has 0 spiro atoms. The molecule has 288 valence electrons. The maximum Gasteiger partial charge on any atom is 0.160 e. The van der Waals surface area contributed by atoms with Crippen molar-refractivity contribution in [2.45, 2.75) is 31.6 Å². The summed E-state index contributed by atoms with van der Waals surface area (Å²) in [6.07, 6.45) is 0. The molecule has 1 aromatic heterocycles. The molecule has 1 unspecified atom stereocenters. The van der Waals surface area contributed by atoms with Gasteiger partial charge in [0.05, 0.1) is 11.4 Å². The molecular weight excluding hydrogens is 737 g/mol. The molecule has 12 rings (SSSR count). The highest BCUT2D eigenvalue weighted by Gasteiger charge is 2.41. The third-order valence-electron chi connectivity index (χ3n) is 13.8. The first kappa shape index (κ1) is 35.5. The van der Waals surface area contributed by atoms with E-state index in [2.05, 4.69) is 215 Å². The molecule has 0 saturated heterocycles. The Morgan fingerprint density at radius 3 is 1.79 bits per heavy atom. The van der Waals surface area contributed by atoms with Crippen molar-refractivity contribution in [1.29, 1.82) is 0 Å². The zero-order chi connectivity index (χ0) is 40.9. The Kier molecular flexibility index (Phi) is 7.74. The van der Waals surface area contributed by atoms with Gasteiger partial charge in [0.15, 0.2) is 5.82 Å². The van der Waals surface area contributed by atoms with Gasteiger partial charge in [-0.05, 0) is 102 Å². The summed E-state index contributed by atoms with van der Waals surface area (Å²) in [4.78, 5) is 10.7. The van der Waals surface area contributed by atoms with Crippen molar-refractivity contribution in [2.24, 2.45) is 0 Å². The third kappa shape index (κ3) is 5.22. The van der Waals surface area contributed by atoms with Crippen LogP contribution < -0.4 is 0 Å². The van der Waals surface area contributed by atoms with E-state index in [9.17, 15) is 0 Å². The van der Waals surface area contributed by atoms with Crippen LogP contribution in [0.1, 0.15) is 48.6 Å². The molecule has 0 fully saturated rings. The van der Waals surface area contributed by atoms with E-state index < -0.39 is 0 Å². The summed E-state index contributed by atoms with van der Waals surface area (Å²) in [6.45, 7) is 7.15. The predicted molar refractivity (Wildman–Crippen MR) is 254 cm³/mol. The lowest BCUT2D eigenvalue weighted by molar-refractivity contribution is 0.662. The van der Waals surface area contributed by atoms with Crippen LogP contribution in [0.15, 0.2) is 200 Å². The number of nitrogens with zero attached hydrogens (tertiary/aromatic N) is 2. The highest BCUT2D eigenvalue weighted by Crippen LogP contribution is 2.56. The van der Waals surface area contributed by atoms with Crippen molar-refractivity contribution in [3.05, 3.63) is 228 Å². The van der Waals surface area contributed by atoms with Crippen molar-refractivity contribution in [1.82, 2.24) is 9.97 Å². The molecule has 0 N–H and O–H groups in total. The first-order chi connectivity index (χ1) is 29.9. The van der Waals surface area contributed by atoms with Crippen molar-refractivity contribution < 1.29 is 0 Å². The molecular formula is C59H42N2. The van der Waals surface area contributed by atoms with E-state index in [1.54, 1.807) is 0 Å². The number of rotatable bonds is 5. The molecule has 2 heteroatoms. The van der Waals surface area contributed by atoms with E-state index in [1.165, 1.54) is 82.7 Å². The highest BCUT2D eigenvalue weighted by atomic mass is 14.9. The third-order valence-corrected chi connectivity index (χ3v) is 13.8. The highest BCUT2D eigenvalue weighted by molar-refractivity contribution is 6.09. The second kappa shape index (κ2) is 13.3. The van der Waals surface area contributed by atoms with Gasteiger partial charge in [0.1, 0.15) is 0 Å². The van der Waals surface area contributed by atoms with Crippen LogP contribution in [0.25, 0.3) is 88.8 Å². The fraction of sp³-hybridized carbons (Fsp3) is 0.0847. The van der Waals surface area contributed by atoms with Crippen molar-refractivity contribution in [2.75, 3.05) is 0 Å². The maximum atomic E-state index is 5.36. The maximum absolute atomic E-state index is 5.36. The fourth-order valence-electron chi connectivity index (χ4n) is 10.8. The topological polar surface area (TPSA) is 25.8 Å². The van der Waals surface area contributed by atoms with Gasteiger partial charge < -0.3 is 0 Å². The van der Waals surface area contributed by atoms with Crippen LogP contribution in [0.4, 0.5) is 0 Å². The minimum absolute atomic E-state index is 0.176. The van der Waals surface area contributed by atoms with Crippen LogP contribution in [0.2, 0.25) is 0 Å². The molecule has 0 saturated carbocycles. The second-order valence-corrected chi connectivity index (χ2v) is 17.4. The first-order valence-electron chi connectivity index (χ1n) is 21.3. The van der Waals surface area contributed by atoms with Gasteiger partial charge in [-0.15, -0.1) is 0 Å². The van der Waals surface area contributed by atoms with E-state index in [0.717, 1.165) is 28.1 Å². The van der Waals surface area contributed by atoms with Crippen LogP contribution in [0, 0.1) is 0 Å². The van der Waals surface area contributed by atoms with Gasteiger partial charge in [-0.1, -0.05) is 202 Å². The molecule has 10 aromatic rings. The smallest absolute Gasteiger partial charge is 0.160 e. The number of fused-ring (bicyclic) bond motifs is 9. The number of aromatic nitrogens is 2. The summed E-state index contributed by atoms with van der Waals surface area (Å²) >= 11 is 0. The Labute approximate surface area is 356 Å². The van der Waals surface area contributed by atoms with E-state index in [4.69, 9.17) is 9.97 Å². The lowest BCUT2D eigenvalue weighted by Crippen LogP contribution is -2.22. The zero-order valence-electron chi connectivity index (χ0n) is 34.4. The average molecular weight is 779 g/mol. The normalized spacial score (nSPS) is 15.7. The first-order valence-corrected chi connectivity index (χ1v) is 21.3. The molecule has 0 amide bonds. The summed E-state index contributed by atoms with van der Waals surface area (Å²) in [5.41, 5.74) is 18.9. The van der Waals surface area contributed by atoms with Crippen molar-refractivity contribution >= 4 is 21.5 Å². The van der Waals surface area contributed by atoms with E-state index in [1.807, 2.05) is 6.07 Å². The van der Waals surface area contributed by atoms with Gasteiger partial charge in [-0.2, -0.15) is 0 Å². The average Bonchev–Trinajstić information content (AvgIpc) is 3.73. The van der Waals surface area contributed by atoms with Gasteiger partial charge in [0, 0.05) is 27.5 Å². The lowest BCUT2D eigenvalue weighted by Gasteiger charge is -2.28. The van der Waals surface area contributed by atoms with Crippen molar-refractivity contribution in [3.63, 3.8) is 0 Å². The molecule has 0 aliphatic heterocycles. The quantitative estimate of drug-likeness (QED) is 0.174. The molecule has 0 radical (unpaired) electrons. The van der Waals surface area contributed by atoms with Gasteiger partial charge in [-0.25, -0.2) is 9.97 Å². The van der Waals surface area contributed by atoms with Gasteiger partial charge in [0.2, 0.25) is 0 Å². The van der Waals surface area contributed by atoms with Crippen LogP contribution >= 0.6 is 0 Å². The largest absolute Gasteiger partial charge is 0.228 e. The Balaban J connectivity index is 1.04. The van der Waals surface area contributed by atoms with E-state index >= 15 is 0 Å². The summed E-state index contributed by atoms with van der Waals surface area (Å²) in [5.74, 6) is 0.712. The molecule has 1 atom stereocenters. The monoisotopic (exact) mass is 778 g/mol. The molecule has 0 bridgehead atoms. The Hall–Kier alpha value is -7.42. The molecule has 61 heavy (non-hydrogen) atoms. The van der Waals surface area contributed by atoms with E-state index in [0.29, 0.717) is 5.82 Å². The van der Waals surface area contributed by atoms with Gasteiger partial charge in [0.25, 0.3) is 0 Å². The van der Waals surface area contributed by atoms with Crippen LogP contribution in [-0.4, -0.2) is 9.97 Å². The summed E-state index contributed by atoms with van der Waals surface area (Å²) in [6, 6.07) is 73.1. The zero-order valence-corrected chi connectivity index (χ0v) is 34.4. The SMILES string of the molecule is CC1(C)c2ccc3ccccc3c2-c2cccc(-c3ccc(-c4cc(-c5ccc6c(c5)C(C)(c5ccccc5)c5ccccc5-6)nc(-c5ccccc5)n4)c4ccccc34)c21. The summed E-state index contributed by atoms with van der Waals surface area (Å²) in [7, 11) is 0. The lowest BCUT2D eigenvalue weighted by atomic mass is 9.74. The number of benzene rings is 9. The molecule has 2 aliphatic carbocycles. The second-order valence-electron chi connectivity index (χ2n) is 17.4. The van der Waals surface area contributed by atoms with Crippen LogP contribution in [-0.2, 0) is 10.8 Å². The number of hydrogen-bond donors (Lipinski definition) is 0.